The van der Waals surface area contributed by atoms with Crippen LogP contribution in [0.4, 0.5) is 5.69 Å². The number of anilines is 1. The van der Waals surface area contributed by atoms with Crippen LogP contribution in [0.5, 0.6) is 0 Å². The minimum Gasteiger partial charge on any atom is -0.339 e. The van der Waals surface area contributed by atoms with Gasteiger partial charge >= 0.3 is 0 Å². The molecule has 0 bridgehead atoms. The van der Waals surface area contributed by atoms with Gasteiger partial charge in [-0.1, -0.05) is 23.7 Å². The number of hydrogen-bond acceptors (Lipinski definition) is 7. The van der Waals surface area contributed by atoms with Gasteiger partial charge in [0.1, 0.15) is 4.21 Å². The molecular weight excluding hydrogens is 472 g/mol. The molecule has 1 saturated heterocycles. The van der Waals surface area contributed by atoms with E-state index in [9.17, 15) is 13.2 Å². The Morgan fingerprint density at radius 3 is 2.91 bits per heavy atom. The summed E-state index contributed by atoms with van der Waals surface area (Å²) in [4.78, 5) is 17.1. The van der Waals surface area contributed by atoms with Gasteiger partial charge in [-0.15, -0.1) is 11.3 Å². The SMILES string of the molecule is CCc1nc(-c2csc(S(=O)(=O)N3CCC[C@H](C(=O)Nc4ccc(Cl)cc4C)C3)c2)no1. The number of aromatic nitrogens is 2. The molecule has 11 heteroatoms. The van der Waals surface area contributed by atoms with Crippen molar-refractivity contribution >= 4 is 44.6 Å². The van der Waals surface area contributed by atoms with Crippen molar-refractivity contribution in [1.82, 2.24) is 14.4 Å². The van der Waals surface area contributed by atoms with Gasteiger partial charge in [0.05, 0.1) is 5.92 Å². The number of thiophene rings is 1. The Morgan fingerprint density at radius 2 is 2.19 bits per heavy atom. The molecule has 1 aliphatic rings. The van der Waals surface area contributed by atoms with E-state index < -0.39 is 15.9 Å². The maximum Gasteiger partial charge on any atom is 0.252 e. The first-order valence-electron chi connectivity index (χ1n) is 10.3. The molecule has 1 amide bonds. The number of rotatable bonds is 6. The fraction of sp³-hybridized carbons (Fsp3) is 0.381. The smallest absolute Gasteiger partial charge is 0.252 e. The van der Waals surface area contributed by atoms with Gasteiger partial charge in [0.15, 0.2) is 0 Å². The lowest BCUT2D eigenvalue weighted by Gasteiger charge is -2.30. The first-order valence-corrected chi connectivity index (χ1v) is 13.0. The number of halogens is 1. The van der Waals surface area contributed by atoms with Gasteiger partial charge in [0, 0.05) is 41.2 Å². The highest BCUT2D eigenvalue weighted by Gasteiger charge is 2.34. The van der Waals surface area contributed by atoms with E-state index in [-0.39, 0.29) is 16.7 Å². The van der Waals surface area contributed by atoms with Crippen LogP contribution < -0.4 is 5.32 Å². The number of piperidine rings is 1. The van der Waals surface area contributed by atoms with Crippen LogP contribution in [0.2, 0.25) is 5.02 Å². The van der Waals surface area contributed by atoms with Crippen LogP contribution in [0.1, 0.15) is 31.2 Å². The average molecular weight is 495 g/mol. The zero-order valence-electron chi connectivity index (χ0n) is 17.7. The van der Waals surface area contributed by atoms with Crippen molar-refractivity contribution in [3.63, 3.8) is 0 Å². The number of nitrogens with zero attached hydrogens (tertiary/aromatic N) is 3. The lowest BCUT2D eigenvalue weighted by Crippen LogP contribution is -2.43. The number of hydrogen-bond donors (Lipinski definition) is 1. The van der Waals surface area contributed by atoms with E-state index >= 15 is 0 Å². The molecule has 2 aromatic heterocycles. The first kappa shape index (κ1) is 22.9. The zero-order valence-corrected chi connectivity index (χ0v) is 20.1. The van der Waals surface area contributed by atoms with Gasteiger partial charge in [-0.05, 0) is 49.6 Å². The minimum absolute atomic E-state index is 0.135. The molecular formula is C21H23ClN4O4S2. The molecule has 170 valence electrons. The Bertz CT molecular complexity index is 1240. The zero-order chi connectivity index (χ0) is 22.9. The van der Waals surface area contributed by atoms with E-state index in [1.807, 2.05) is 13.8 Å². The van der Waals surface area contributed by atoms with E-state index in [4.69, 9.17) is 16.1 Å². The third-order valence-corrected chi connectivity index (χ3v) is 8.91. The summed E-state index contributed by atoms with van der Waals surface area (Å²) in [6.07, 6.45) is 1.84. The molecule has 1 atom stereocenters. The van der Waals surface area contributed by atoms with Crippen molar-refractivity contribution in [3.8, 4) is 11.4 Å². The maximum atomic E-state index is 13.2. The third-order valence-electron chi connectivity index (χ3n) is 5.40. The highest BCUT2D eigenvalue weighted by Crippen LogP contribution is 2.31. The molecule has 1 aliphatic heterocycles. The number of sulfonamides is 1. The van der Waals surface area contributed by atoms with Gasteiger partial charge < -0.3 is 9.84 Å². The number of benzene rings is 1. The molecule has 0 aliphatic carbocycles. The molecule has 0 spiro atoms. The van der Waals surface area contributed by atoms with Crippen LogP contribution in [-0.4, -0.2) is 41.9 Å². The fourth-order valence-electron chi connectivity index (χ4n) is 3.59. The van der Waals surface area contributed by atoms with Crippen molar-refractivity contribution in [2.75, 3.05) is 18.4 Å². The highest BCUT2D eigenvalue weighted by molar-refractivity contribution is 7.91. The van der Waals surface area contributed by atoms with E-state index in [1.165, 1.54) is 4.31 Å². The maximum absolute atomic E-state index is 13.2. The summed E-state index contributed by atoms with van der Waals surface area (Å²) in [5, 5.41) is 9.11. The van der Waals surface area contributed by atoms with Gasteiger partial charge in [0.25, 0.3) is 10.0 Å². The molecule has 3 aromatic rings. The molecule has 1 N–H and O–H groups in total. The summed E-state index contributed by atoms with van der Waals surface area (Å²) in [6.45, 7) is 4.27. The molecule has 8 nitrogen and oxygen atoms in total. The van der Waals surface area contributed by atoms with Crippen molar-refractivity contribution in [3.05, 3.63) is 46.1 Å². The summed E-state index contributed by atoms with van der Waals surface area (Å²) in [6, 6.07) is 6.80. The van der Waals surface area contributed by atoms with E-state index in [2.05, 4.69) is 15.5 Å². The Labute approximate surface area is 195 Å². The van der Waals surface area contributed by atoms with Crippen LogP contribution in [0.15, 0.2) is 38.4 Å². The van der Waals surface area contributed by atoms with Crippen LogP contribution in [0, 0.1) is 12.8 Å². The molecule has 3 heterocycles. The second-order valence-corrected chi connectivity index (χ2v) is 11.2. The van der Waals surface area contributed by atoms with Crippen molar-refractivity contribution in [2.24, 2.45) is 5.92 Å². The van der Waals surface area contributed by atoms with E-state index in [1.54, 1.807) is 29.6 Å². The average Bonchev–Trinajstić information content (AvgIpc) is 3.45. The summed E-state index contributed by atoms with van der Waals surface area (Å²) in [5.41, 5.74) is 2.13. The van der Waals surface area contributed by atoms with E-state index in [0.29, 0.717) is 53.8 Å². The Morgan fingerprint density at radius 1 is 1.38 bits per heavy atom. The van der Waals surface area contributed by atoms with Crippen molar-refractivity contribution in [2.45, 2.75) is 37.3 Å². The summed E-state index contributed by atoms with van der Waals surface area (Å²) < 4.78 is 33.2. The van der Waals surface area contributed by atoms with E-state index in [0.717, 1.165) is 16.9 Å². The highest BCUT2D eigenvalue weighted by atomic mass is 35.5. The molecule has 0 unspecified atom stereocenters. The monoisotopic (exact) mass is 494 g/mol. The summed E-state index contributed by atoms with van der Waals surface area (Å²) in [5.74, 6) is 0.239. The van der Waals surface area contributed by atoms with Gasteiger partial charge in [0.2, 0.25) is 17.6 Å². The molecule has 32 heavy (non-hydrogen) atoms. The molecule has 1 fully saturated rings. The van der Waals surface area contributed by atoms with Gasteiger partial charge in [-0.3, -0.25) is 4.79 Å². The van der Waals surface area contributed by atoms with Crippen LogP contribution >= 0.6 is 22.9 Å². The molecule has 4 rings (SSSR count). The number of amides is 1. The Balaban J connectivity index is 1.48. The normalized spacial score (nSPS) is 17.4. The fourth-order valence-corrected chi connectivity index (χ4v) is 6.65. The van der Waals surface area contributed by atoms with Crippen LogP contribution in [0.3, 0.4) is 0 Å². The van der Waals surface area contributed by atoms with Crippen molar-refractivity contribution in [1.29, 1.82) is 0 Å². The molecule has 0 radical (unpaired) electrons. The van der Waals surface area contributed by atoms with Gasteiger partial charge in [-0.25, -0.2) is 8.42 Å². The van der Waals surface area contributed by atoms with Crippen LogP contribution in [0.25, 0.3) is 11.4 Å². The lowest BCUT2D eigenvalue weighted by molar-refractivity contribution is -0.120. The van der Waals surface area contributed by atoms with Crippen molar-refractivity contribution < 1.29 is 17.7 Å². The summed E-state index contributed by atoms with van der Waals surface area (Å²) in [7, 11) is -3.73. The number of aryl methyl sites for hydroxylation is 2. The minimum atomic E-state index is -3.73. The van der Waals surface area contributed by atoms with Crippen LogP contribution in [-0.2, 0) is 21.2 Å². The second kappa shape index (κ2) is 9.30. The van der Waals surface area contributed by atoms with Gasteiger partial charge in [-0.2, -0.15) is 9.29 Å². The predicted molar refractivity (Wildman–Crippen MR) is 123 cm³/mol. The molecule has 1 aromatic carbocycles. The number of nitrogens with one attached hydrogen (secondary N) is 1. The quantitative estimate of drug-likeness (QED) is 0.545. The largest absolute Gasteiger partial charge is 0.339 e. The topological polar surface area (TPSA) is 105 Å². The Hall–Kier alpha value is -2.27. The lowest BCUT2D eigenvalue weighted by atomic mass is 9.98. The third kappa shape index (κ3) is 4.73. The second-order valence-electron chi connectivity index (χ2n) is 7.67. The molecule has 0 saturated carbocycles. The Kier molecular flexibility index (Phi) is 6.66. The number of carbonyl (C=O) groups is 1. The number of carbonyl (C=O) groups excluding carboxylic acids is 1. The predicted octanol–water partition coefficient (Wildman–Crippen LogP) is 4.36. The standard InChI is InChI=1S/C21H23ClN4O4S2/c1-3-18-24-20(25-30-18)15-10-19(31-12-15)32(28,29)26-8-4-5-14(11-26)21(27)23-17-7-6-16(22)9-13(17)2/h6-7,9-10,12,14H,3-5,8,11H2,1-2H3,(H,23,27)/t14-/m0/s1. The first-order chi connectivity index (χ1) is 15.3. The summed E-state index contributed by atoms with van der Waals surface area (Å²) >= 11 is 7.09.